The molecule has 0 aliphatic carbocycles. The summed E-state index contributed by atoms with van der Waals surface area (Å²) >= 11 is 1.53. The number of thioether (sulfide) groups is 1. The lowest BCUT2D eigenvalue weighted by Gasteiger charge is -1.98. The maximum Gasteiger partial charge on any atom is 0.354 e. The molecule has 3 nitrogen and oxygen atoms in total. The fourth-order valence-corrected chi connectivity index (χ4v) is 1.44. The number of carbonyl (C=O) groups is 1. The molecule has 1 aromatic heterocycles. The molecule has 0 spiro atoms. The van der Waals surface area contributed by atoms with E-state index in [0.29, 0.717) is 0 Å². The Balaban J connectivity index is 2.79. The van der Waals surface area contributed by atoms with Gasteiger partial charge >= 0.3 is 5.97 Å². The Labute approximate surface area is 80.5 Å². The monoisotopic (exact) mass is 195 g/mol. The highest BCUT2D eigenvalue weighted by Crippen LogP contribution is 2.17. The maximum absolute atomic E-state index is 10.5. The zero-order chi connectivity index (χ0) is 9.68. The van der Waals surface area contributed by atoms with Crippen LogP contribution in [-0.2, 0) is 0 Å². The fourth-order valence-electron chi connectivity index (χ4n) is 0.773. The zero-order valence-electron chi connectivity index (χ0n) is 6.93. The van der Waals surface area contributed by atoms with Crippen molar-refractivity contribution in [2.24, 2.45) is 0 Å². The first-order valence-corrected chi connectivity index (χ1v) is 4.65. The molecule has 13 heavy (non-hydrogen) atoms. The first-order chi connectivity index (χ1) is 6.24. The third kappa shape index (κ3) is 2.91. The number of rotatable bonds is 4. The molecule has 0 aliphatic rings. The molecule has 0 unspecified atom stereocenters. The molecule has 0 radical (unpaired) electrons. The van der Waals surface area contributed by atoms with E-state index in [1.807, 2.05) is 0 Å². The molecule has 0 fully saturated rings. The van der Waals surface area contributed by atoms with Crippen LogP contribution < -0.4 is 0 Å². The van der Waals surface area contributed by atoms with E-state index in [1.165, 1.54) is 18.0 Å². The lowest BCUT2D eigenvalue weighted by molar-refractivity contribution is 0.0690. The SMILES string of the molecule is C=CCSc1ccnc(C(=O)O)c1. The van der Waals surface area contributed by atoms with Gasteiger partial charge in [-0.1, -0.05) is 6.08 Å². The van der Waals surface area contributed by atoms with Gasteiger partial charge in [-0.15, -0.1) is 18.3 Å². The molecule has 1 N–H and O–H groups in total. The number of nitrogens with zero attached hydrogens (tertiary/aromatic N) is 1. The molecular formula is C9H9NO2S. The number of hydrogen-bond acceptors (Lipinski definition) is 3. The minimum atomic E-state index is -0.999. The molecule has 0 atom stereocenters. The van der Waals surface area contributed by atoms with Gasteiger partial charge in [0.2, 0.25) is 0 Å². The summed E-state index contributed by atoms with van der Waals surface area (Å²) in [6.45, 7) is 3.58. The summed E-state index contributed by atoms with van der Waals surface area (Å²) in [6.07, 6.45) is 3.26. The van der Waals surface area contributed by atoms with E-state index in [4.69, 9.17) is 5.11 Å². The number of pyridine rings is 1. The van der Waals surface area contributed by atoms with Crippen LogP contribution in [0.4, 0.5) is 0 Å². The van der Waals surface area contributed by atoms with Crippen molar-refractivity contribution in [1.82, 2.24) is 4.98 Å². The Bertz CT molecular complexity index is 325. The van der Waals surface area contributed by atoms with Gasteiger partial charge in [0.05, 0.1) is 0 Å². The van der Waals surface area contributed by atoms with Crippen LogP contribution in [0.15, 0.2) is 35.9 Å². The Morgan fingerprint density at radius 2 is 2.54 bits per heavy atom. The van der Waals surface area contributed by atoms with Gasteiger partial charge in [0.1, 0.15) is 5.69 Å². The lowest BCUT2D eigenvalue weighted by atomic mass is 10.3. The molecular weight excluding hydrogens is 186 g/mol. The highest BCUT2D eigenvalue weighted by Gasteiger charge is 2.04. The smallest absolute Gasteiger partial charge is 0.354 e. The molecule has 0 saturated heterocycles. The molecule has 0 aliphatic heterocycles. The molecule has 1 rings (SSSR count). The number of carboxylic acid groups (broad SMARTS) is 1. The van der Waals surface area contributed by atoms with E-state index in [9.17, 15) is 4.79 Å². The normalized spacial score (nSPS) is 9.54. The van der Waals surface area contributed by atoms with Gasteiger partial charge in [0, 0.05) is 16.8 Å². The topological polar surface area (TPSA) is 50.2 Å². The van der Waals surface area contributed by atoms with E-state index in [2.05, 4.69) is 11.6 Å². The standard InChI is InChI=1S/C9H9NO2S/c1-2-5-13-7-3-4-10-8(6-7)9(11)12/h2-4,6H,1,5H2,(H,11,12). The summed E-state index contributed by atoms with van der Waals surface area (Å²) in [4.78, 5) is 15.1. The second-order valence-electron chi connectivity index (χ2n) is 2.28. The van der Waals surface area contributed by atoms with Gasteiger partial charge in [0.25, 0.3) is 0 Å². The fraction of sp³-hybridized carbons (Fsp3) is 0.111. The van der Waals surface area contributed by atoms with Crippen molar-refractivity contribution < 1.29 is 9.90 Å². The van der Waals surface area contributed by atoms with Crippen LogP contribution in [0.25, 0.3) is 0 Å². The Kier molecular flexibility index (Phi) is 3.52. The summed E-state index contributed by atoms with van der Waals surface area (Å²) in [5.74, 6) is -0.232. The molecule has 0 saturated carbocycles. The molecule has 0 aromatic carbocycles. The predicted molar refractivity (Wildman–Crippen MR) is 52.1 cm³/mol. The van der Waals surface area contributed by atoms with Gasteiger partial charge in [-0.25, -0.2) is 9.78 Å². The summed E-state index contributed by atoms with van der Waals surface area (Å²) in [5.41, 5.74) is 0.0778. The van der Waals surface area contributed by atoms with Crippen molar-refractivity contribution >= 4 is 17.7 Å². The average Bonchev–Trinajstić information content (AvgIpc) is 2.15. The van der Waals surface area contributed by atoms with Crippen molar-refractivity contribution in [2.45, 2.75) is 4.90 Å². The van der Waals surface area contributed by atoms with E-state index >= 15 is 0 Å². The average molecular weight is 195 g/mol. The molecule has 0 amide bonds. The minimum absolute atomic E-state index is 0.0778. The van der Waals surface area contributed by atoms with Crippen molar-refractivity contribution in [1.29, 1.82) is 0 Å². The summed E-state index contributed by atoms with van der Waals surface area (Å²) in [7, 11) is 0. The first-order valence-electron chi connectivity index (χ1n) is 3.67. The number of hydrogen-bond donors (Lipinski definition) is 1. The minimum Gasteiger partial charge on any atom is -0.477 e. The quantitative estimate of drug-likeness (QED) is 0.590. The molecule has 1 aromatic rings. The van der Waals surface area contributed by atoms with E-state index in [1.54, 1.807) is 18.2 Å². The largest absolute Gasteiger partial charge is 0.477 e. The number of carboxylic acids is 1. The summed E-state index contributed by atoms with van der Waals surface area (Å²) < 4.78 is 0. The van der Waals surface area contributed by atoms with E-state index in [-0.39, 0.29) is 5.69 Å². The molecule has 4 heteroatoms. The van der Waals surface area contributed by atoms with Gasteiger partial charge in [-0.2, -0.15) is 0 Å². The van der Waals surface area contributed by atoms with Crippen molar-refractivity contribution in [2.75, 3.05) is 5.75 Å². The predicted octanol–water partition coefficient (Wildman–Crippen LogP) is 2.06. The van der Waals surface area contributed by atoms with Crippen LogP contribution in [0.1, 0.15) is 10.5 Å². The van der Waals surface area contributed by atoms with Crippen molar-refractivity contribution in [3.05, 3.63) is 36.7 Å². The third-order valence-electron chi connectivity index (χ3n) is 1.32. The molecule has 0 bridgehead atoms. The Hall–Kier alpha value is -1.29. The second-order valence-corrected chi connectivity index (χ2v) is 3.38. The first kappa shape index (κ1) is 9.80. The Morgan fingerprint density at radius 3 is 3.15 bits per heavy atom. The van der Waals surface area contributed by atoms with Gasteiger partial charge < -0.3 is 5.11 Å². The highest BCUT2D eigenvalue weighted by atomic mass is 32.2. The summed E-state index contributed by atoms with van der Waals surface area (Å²) in [6, 6.07) is 3.33. The van der Waals surface area contributed by atoms with Crippen LogP contribution in [0.5, 0.6) is 0 Å². The van der Waals surface area contributed by atoms with Crippen LogP contribution in [0.3, 0.4) is 0 Å². The Morgan fingerprint density at radius 1 is 1.77 bits per heavy atom. The summed E-state index contributed by atoms with van der Waals surface area (Å²) in [5, 5.41) is 8.64. The molecule has 68 valence electrons. The maximum atomic E-state index is 10.5. The van der Waals surface area contributed by atoms with Crippen molar-refractivity contribution in [3.63, 3.8) is 0 Å². The number of aromatic carboxylic acids is 1. The van der Waals surface area contributed by atoms with Gasteiger partial charge in [-0.05, 0) is 12.1 Å². The van der Waals surface area contributed by atoms with Gasteiger partial charge in [-0.3, -0.25) is 0 Å². The second kappa shape index (κ2) is 4.67. The third-order valence-corrected chi connectivity index (χ3v) is 2.31. The van der Waals surface area contributed by atoms with Crippen LogP contribution >= 0.6 is 11.8 Å². The van der Waals surface area contributed by atoms with E-state index in [0.717, 1.165) is 10.6 Å². The lowest BCUT2D eigenvalue weighted by Crippen LogP contribution is -1.99. The number of aromatic nitrogens is 1. The van der Waals surface area contributed by atoms with Crippen LogP contribution in [0.2, 0.25) is 0 Å². The van der Waals surface area contributed by atoms with E-state index < -0.39 is 5.97 Å². The van der Waals surface area contributed by atoms with Gasteiger partial charge in [0.15, 0.2) is 0 Å². The zero-order valence-corrected chi connectivity index (χ0v) is 7.75. The van der Waals surface area contributed by atoms with Crippen LogP contribution in [0, 0.1) is 0 Å². The molecule has 1 heterocycles. The van der Waals surface area contributed by atoms with Crippen molar-refractivity contribution in [3.8, 4) is 0 Å². The van der Waals surface area contributed by atoms with Crippen LogP contribution in [-0.4, -0.2) is 21.8 Å². The highest BCUT2D eigenvalue weighted by molar-refractivity contribution is 7.99.